The van der Waals surface area contributed by atoms with Gasteiger partial charge >= 0.3 is 0 Å². The van der Waals surface area contributed by atoms with E-state index in [4.69, 9.17) is 0 Å². The largest absolute Gasteiger partial charge is 0.296 e. The molecule has 0 aromatic carbocycles. The first-order valence-corrected chi connectivity index (χ1v) is 8.70. The van der Waals surface area contributed by atoms with Crippen LogP contribution in [0.4, 0.5) is 0 Å². The summed E-state index contributed by atoms with van der Waals surface area (Å²) in [7, 11) is 0. The van der Waals surface area contributed by atoms with E-state index >= 15 is 0 Å². The molecule has 5 heteroatoms. The van der Waals surface area contributed by atoms with Crippen LogP contribution >= 0.6 is 11.3 Å². The van der Waals surface area contributed by atoms with Crippen LogP contribution in [0, 0.1) is 0 Å². The summed E-state index contributed by atoms with van der Waals surface area (Å²) in [5.74, 6) is 0. The fraction of sp³-hybridized carbons (Fsp3) is 0.562. The van der Waals surface area contributed by atoms with Crippen molar-refractivity contribution >= 4 is 11.3 Å². The Labute approximate surface area is 131 Å². The van der Waals surface area contributed by atoms with Crippen LogP contribution in [0.25, 0.3) is 0 Å². The Kier molecular flexibility index (Phi) is 4.73. The number of piperazine rings is 1. The first-order chi connectivity index (χ1) is 10.3. The van der Waals surface area contributed by atoms with Gasteiger partial charge in [-0.15, -0.1) is 0 Å². The van der Waals surface area contributed by atoms with Crippen LogP contribution in [0.3, 0.4) is 0 Å². The Morgan fingerprint density at radius 3 is 2.71 bits per heavy atom. The summed E-state index contributed by atoms with van der Waals surface area (Å²) in [5, 5.41) is 8.81. The molecule has 3 rings (SSSR count). The van der Waals surface area contributed by atoms with Crippen LogP contribution < -0.4 is 0 Å². The maximum atomic E-state index is 4.36. The van der Waals surface area contributed by atoms with Gasteiger partial charge < -0.3 is 0 Å². The lowest BCUT2D eigenvalue weighted by Crippen LogP contribution is -2.46. The fourth-order valence-electron chi connectivity index (χ4n) is 2.95. The summed E-state index contributed by atoms with van der Waals surface area (Å²) < 4.78 is 2.00. The molecule has 1 aliphatic heterocycles. The predicted molar refractivity (Wildman–Crippen MR) is 87.5 cm³/mol. The van der Waals surface area contributed by atoms with Gasteiger partial charge in [0.1, 0.15) is 0 Å². The maximum Gasteiger partial charge on any atom is 0.0534 e. The second kappa shape index (κ2) is 6.73. The number of rotatable bonds is 5. The summed E-state index contributed by atoms with van der Waals surface area (Å²) in [6, 6.07) is 2.79. The predicted octanol–water partition coefficient (Wildman–Crippen LogP) is 2.84. The molecule has 1 unspecified atom stereocenters. The lowest BCUT2D eigenvalue weighted by Gasteiger charge is -2.37. The van der Waals surface area contributed by atoms with Gasteiger partial charge in [0.15, 0.2) is 0 Å². The van der Waals surface area contributed by atoms with E-state index in [1.54, 1.807) is 11.3 Å². The van der Waals surface area contributed by atoms with Gasteiger partial charge in [0.05, 0.1) is 6.20 Å². The molecular weight excluding hydrogens is 280 g/mol. The first-order valence-electron chi connectivity index (χ1n) is 7.76. The van der Waals surface area contributed by atoms with E-state index in [0.29, 0.717) is 6.04 Å². The van der Waals surface area contributed by atoms with Gasteiger partial charge in [0.2, 0.25) is 0 Å². The highest BCUT2D eigenvalue weighted by molar-refractivity contribution is 7.07. The number of hydrogen-bond donors (Lipinski definition) is 0. The van der Waals surface area contributed by atoms with Gasteiger partial charge in [0, 0.05) is 57.1 Å². The Balaban J connectivity index is 1.50. The van der Waals surface area contributed by atoms with E-state index in [1.165, 1.54) is 11.1 Å². The Bertz CT molecular complexity index is 540. The van der Waals surface area contributed by atoms with Crippen molar-refractivity contribution in [3.63, 3.8) is 0 Å². The molecule has 0 radical (unpaired) electrons. The molecule has 4 nitrogen and oxygen atoms in total. The minimum absolute atomic E-state index is 0.543. The summed E-state index contributed by atoms with van der Waals surface area (Å²) in [4.78, 5) is 5.13. The molecule has 114 valence electrons. The third kappa shape index (κ3) is 3.54. The van der Waals surface area contributed by atoms with Crippen molar-refractivity contribution < 1.29 is 0 Å². The quantitative estimate of drug-likeness (QED) is 0.849. The van der Waals surface area contributed by atoms with Crippen LogP contribution in [0.5, 0.6) is 0 Å². The van der Waals surface area contributed by atoms with E-state index in [0.717, 1.165) is 39.3 Å². The van der Waals surface area contributed by atoms with E-state index in [-0.39, 0.29) is 0 Å². The van der Waals surface area contributed by atoms with E-state index in [1.807, 2.05) is 10.9 Å². The molecule has 0 aliphatic carbocycles. The first kappa shape index (κ1) is 14.8. The Hall–Kier alpha value is -1.17. The van der Waals surface area contributed by atoms with Gasteiger partial charge in [-0.25, -0.2) is 0 Å². The second-order valence-corrected chi connectivity index (χ2v) is 6.53. The zero-order valence-corrected chi connectivity index (χ0v) is 13.7. The molecule has 0 spiro atoms. The summed E-state index contributed by atoms with van der Waals surface area (Å²) >= 11 is 1.79. The van der Waals surface area contributed by atoms with Crippen molar-refractivity contribution in [1.82, 2.24) is 19.6 Å². The standard InChI is InChI=1S/C16H24N4S/c1-3-20-12-15(10-17-20)11-18-5-7-19(8-6-18)14(2)16-4-9-21-13-16/h4,9-10,12-14H,3,5-8,11H2,1-2H3. The van der Waals surface area contributed by atoms with Crippen molar-refractivity contribution in [2.24, 2.45) is 0 Å². The topological polar surface area (TPSA) is 24.3 Å². The van der Waals surface area contributed by atoms with Crippen molar-refractivity contribution in [3.05, 3.63) is 40.3 Å². The third-order valence-corrected chi connectivity index (χ3v) is 5.10. The smallest absolute Gasteiger partial charge is 0.0534 e. The van der Waals surface area contributed by atoms with Gasteiger partial charge in [-0.3, -0.25) is 14.5 Å². The number of hydrogen-bond acceptors (Lipinski definition) is 4. The molecule has 0 N–H and O–H groups in total. The van der Waals surface area contributed by atoms with Crippen LogP contribution in [0.1, 0.15) is 31.0 Å². The molecule has 0 amide bonds. The highest BCUT2D eigenvalue weighted by Crippen LogP contribution is 2.23. The third-order valence-electron chi connectivity index (χ3n) is 4.40. The van der Waals surface area contributed by atoms with Crippen LogP contribution in [0.15, 0.2) is 29.2 Å². The summed E-state index contributed by atoms with van der Waals surface area (Å²) in [6.45, 7) is 11.0. The van der Waals surface area contributed by atoms with Gasteiger partial charge in [0.25, 0.3) is 0 Å². The second-order valence-electron chi connectivity index (χ2n) is 5.75. The highest BCUT2D eigenvalue weighted by atomic mass is 32.1. The number of aromatic nitrogens is 2. The zero-order valence-electron chi connectivity index (χ0n) is 12.9. The van der Waals surface area contributed by atoms with Crippen molar-refractivity contribution in [3.8, 4) is 0 Å². The monoisotopic (exact) mass is 304 g/mol. The number of thiophene rings is 1. The van der Waals surface area contributed by atoms with Crippen molar-refractivity contribution in [2.45, 2.75) is 33.0 Å². The molecule has 1 fully saturated rings. The highest BCUT2D eigenvalue weighted by Gasteiger charge is 2.22. The lowest BCUT2D eigenvalue weighted by molar-refractivity contribution is 0.0980. The van der Waals surface area contributed by atoms with E-state index in [9.17, 15) is 0 Å². The molecule has 1 atom stereocenters. The molecule has 1 saturated heterocycles. The van der Waals surface area contributed by atoms with Crippen LogP contribution in [0.2, 0.25) is 0 Å². The normalized spacial score (nSPS) is 19.0. The molecule has 1 aliphatic rings. The number of nitrogens with zero attached hydrogens (tertiary/aromatic N) is 4. The lowest BCUT2D eigenvalue weighted by atomic mass is 10.1. The molecule has 0 bridgehead atoms. The molecule has 0 saturated carbocycles. The fourth-order valence-corrected chi connectivity index (χ4v) is 3.70. The van der Waals surface area contributed by atoms with E-state index < -0.39 is 0 Å². The Morgan fingerprint density at radius 2 is 2.10 bits per heavy atom. The van der Waals surface area contributed by atoms with Crippen LogP contribution in [-0.4, -0.2) is 45.8 Å². The van der Waals surface area contributed by atoms with Crippen molar-refractivity contribution in [1.29, 1.82) is 0 Å². The summed E-state index contributed by atoms with van der Waals surface area (Å²) in [6.07, 6.45) is 4.17. The molecular formula is C16H24N4S. The summed E-state index contributed by atoms with van der Waals surface area (Å²) in [5.41, 5.74) is 2.79. The molecule has 2 aromatic rings. The zero-order chi connectivity index (χ0) is 14.7. The minimum Gasteiger partial charge on any atom is -0.296 e. The van der Waals surface area contributed by atoms with Gasteiger partial charge in [-0.1, -0.05) is 0 Å². The number of aryl methyl sites for hydroxylation is 1. The molecule has 21 heavy (non-hydrogen) atoms. The van der Waals surface area contributed by atoms with Crippen LogP contribution in [-0.2, 0) is 13.1 Å². The minimum atomic E-state index is 0.543. The SMILES string of the molecule is CCn1cc(CN2CCN(C(C)c3ccsc3)CC2)cn1. The van der Waals surface area contributed by atoms with E-state index in [2.05, 4.69) is 51.8 Å². The average molecular weight is 304 g/mol. The molecule has 3 heterocycles. The maximum absolute atomic E-state index is 4.36. The Morgan fingerprint density at radius 1 is 1.29 bits per heavy atom. The average Bonchev–Trinajstić information content (AvgIpc) is 3.19. The van der Waals surface area contributed by atoms with Gasteiger partial charge in [-0.05, 0) is 36.2 Å². The van der Waals surface area contributed by atoms with Crippen molar-refractivity contribution in [2.75, 3.05) is 26.2 Å². The molecule has 2 aromatic heterocycles. The van der Waals surface area contributed by atoms with Gasteiger partial charge in [-0.2, -0.15) is 16.4 Å².